The summed E-state index contributed by atoms with van der Waals surface area (Å²) in [5.41, 5.74) is 0. The average molecular weight is 821 g/mol. The fourth-order valence-corrected chi connectivity index (χ4v) is 6.33. The van der Waals surface area contributed by atoms with Crippen LogP contribution in [-0.2, 0) is 28.6 Å². The maximum Gasteiger partial charge on any atom is 0.306 e. The number of unbranched alkanes of at least 4 members (excludes halogenated alkanes) is 17. The van der Waals surface area contributed by atoms with Crippen molar-refractivity contribution < 1.29 is 28.6 Å². The van der Waals surface area contributed by atoms with Gasteiger partial charge < -0.3 is 14.2 Å². The summed E-state index contributed by atoms with van der Waals surface area (Å²) in [4.78, 5) is 37.8. The first kappa shape index (κ1) is 55.6. The maximum absolute atomic E-state index is 12.8. The lowest BCUT2D eigenvalue weighted by molar-refractivity contribution is -0.167. The molecular formula is C53H88O6. The van der Waals surface area contributed by atoms with Crippen LogP contribution in [0.5, 0.6) is 0 Å². The molecular weight excluding hydrogens is 733 g/mol. The minimum Gasteiger partial charge on any atom is -0.462 e. The van der Waals surface area contributed by atoms with Crippen molar-refractivity contribution >= 4 is 17.9 Å². The van der Waals surface area contributed by atoms with E-state index in [1.54, 1.807) is 0 Å². The van der Waals surface area contributed by atoms with Gasteiger partial charge in [-0.15, -0.1) is 0 Å². The number of ether oxygens (including phenoxy) is 3. The number of hydrogen-bond donors (Lipinski definition) is 0. The topological polar surface area (TPSA) is 78.9 Å². The fraction of sp³-hybridized carbons (Fsp3) is 0.679. The van der Waals surface area contributed by atoms with Gasteiger partial charge in [-0.2, -0.15) is 0 Å². The second kappa shape index (κ2) is 47.3. The van der Waals surface area contributed by atoms with Crippen molar-refractivity contribution in [2.24, 2.45) is 0 Å². The molecule has 6 nitrogen and oxygen atoms in total. The van der Waals surface area contributed by atoms with Gasteiger partial charge in [0.05, 0.1) is 0 Å². The van der Waals surface area contributed by atoms with Gasteiger partial charge in [-0.05, 0) is 89.9 Å². The molecule has 0 aromatic rings. The van der Waals surface area contributed by atoms with Gasteiger partial charge in [0.25, 0.3) is 0 Å². The van der Waals surface area contributed by atoms with Crippen LogP contribution in [0.15, 0.2) is 85.1 Å². The Morgan fingerprint density at radius 3 is 1.05 bits per heavy atom. The molecule has 1 unspecified atom stereocenters. The lowest BCUT2D eigenvalue weighted by atomic mass is 10.1. The van der Waals surface area contributed by atoms with Crippen molar-refractivity contribution in [3.8, 4) is 0 Å². The Hall–Kier alpha value is -3.41. The van der Waals surface area contributed by atoms with Crippen LogP contribution in [0.1, 0.15) is 213 Å². The highest BCUT2D eigenvalue weighted by atomic mass is 16.6. The number of allylic oxidation sites excluding steroid dienone is 14. The van der Waals surface area contributed by atoms with Gasteiger partial charge in [0, 0.05) is 19.3 Å². The van der Waals surface area contributed by atoms with Crippen LogP contribution in [0.2, 0.25) is 0 Å². The largest absolute Gasteiger partial charge is 0.462 e. The van der Waals surface area contributed by atoms with E-state index in [9.17, 15) is 14.4 Å². The molecule has 336 valence electrons. The molecule has 0 rings (SSSR count). The van der Waals surface area contributed by atoms with Crippen LogP contribution < -0.4 is 0 Å². The summed E-state index contributed by atoms with van der Waals surface area (Å²) in [5, 5.41) is 0. The molecule has 0 aliphatic heterocycles. The number of esters is 3. The molecule has 0 amide bonds. The van der Waals surface area contributed by atoms with Gasteiger partial charge in [0.2, 0.25) is 0 Å². The van der Waals surface area contributed by atoms with E-state index in [0.29, 0.717) is 19.3 Å². The summed E-state index contributed by atoms with van der Waals surface area (Å²) >= 11 is 0. The molecule has 0 saturated carbocycles. The van der Waals surface area contributed by atoms with Gasteiger partial charge in [-0.1, -0.05) is 189 Å². The molecule has 0 fully saturated rings. The third kappa shape index (κ3) is 45.5. The summed E-state index contributed by atoms with van der Waals surface area (Å²) in [6.45, 7) is 6.34. The first-order valence-corrected chi connectivity index (χ1v) is 24.1. The first-order chi connectivity index (χ1) is 29.0. The summed E-state index contributed by atoms with van der Waals surface area (Å²) < 4.78 is 16.7. The van der Waals surface area contributed by atoms with Gasteiger partial charge in [0.15, 0.2) is 6.10 Å². The lowest BCUT2D eigenvalue weighted by Crippen LogP contribution is -2.30. The maximum atomic E-state index is 12.8. The van der Waals surface area contributed by atoms with Crippen molar-refractivity contribution in [2.75, 3.05) is 13.2 Å². The Morgan fingerprint density at radius 2 is 0.661 bits per heavy atom. The molecule has 0 spiro atoms. The number of hydrogen-bond acceptors (Lipinski definition) is 6. The highest BCUT2D eigenvalue weighted by molar-refractivity contribution is 5.71. The van der Waals surface area contributed by atoms with E-state index < -0.39 is 6.10 Å². The van der Waals surface area contributed by atoms with Crippen LogP contribution in [0.25, 0.3) is 0 Å². The molecule has 0 aliphatic rings. The van der Waals surface area contributed by atoms with Crippen molar-refractivity contribution in [3.63, 3.8) is 0 Å². The fourth-order valence-electron chi connectivity index (χ4n) is 6.33. The zero-order valence-electron chi connectivity index (χ0n) is 38.2. The molecule has 0 aliphatic carbocycles. The third-order valence-corrected chi connectivity index (χ3v) is 9.90. The van der Waals surface area contributed by atoms with E-state index in [-0.39, 0.29) is 31.1 Å². The SMILES string of the molecule is CC/C=C\C/C=C\C/C=C\C/C=C\CCCCCC(=O)OCC(COC(=O)CCCCCCCCCCC)OC(=O)CCCCCCCC/C=C\C/C=C\C/C=C\CC. The van der Waals surface area contributed by atoms with Gasteiger partial charge in [0.1, 0.15) is 13.2 Å². The minimum atomic E-state index is -0.793. The Kier molecular flexibility index (Phi) is 44.5. The molecule has 59 heavy (non-hydrogen) atoms. The molecule has 0 N–H and O–H groups in total. The van der Waals surface area contributed by atoms with E-state index in [0.717, 1.165) is 122 Å². The van der Waals surface area contributed by atoms with Crippen LogP contribution in [-0.4, -0.2) is 37.2 Å². The van der Waals surface area contributed by atoms with Crippen molar-refractivity contribution in [3.05, 3.63) is 85.1 Å². The monoisotopic (exact) mass is 821 g/mol. The average Bonchev–Trinajstić information content (AvgIpc) is 3.23. The van der Waals surface area contributed by atoms with E-state index in [1.165, 1.54) is 51.4 Å². The predicted molar refractivity (Wildman–Crippen MR) is 251 cm³/mol. The van der Waals surface area contributed by atoms with Gasteiger partial charge >= 0.3 is 17.9 Å². The van der Waals surface area contributed by atoms with E-state index in [1.807, 2.05) is 0 Å². The van der Waals surface area contributed by atoms with E-state index in [2.05, 4.69) is 106 Å². The summed E-state index contributed by atoms with van der Waals surface area (Å²) in [7, 11) is 0. The quantitative estimate of drug-likeness (QED) is 0.0264. The second-order valence-corrected chi connectivity index (χ2v) is 15.6. The van der Waals surface area contributed by atoms with Gasteiger partial charge in [-0.25, -0.2) is 0 Å². The zero-order chi connectivity index (χ0) is 43.0. The number of carbonyl (C=O) groups excluding carboxylic acids is 3. The highest BCUT2D eigenvalue weighted by Crippen LogP contribution is 2.13. The molecule has 0 aromatic heterocycles. The van der Waals surface area contributed by atoms with Gasteiger partial charge in [-0.3, -0.25) is 14.4 Å². The smallest absolute Gasteiger partial charge is 0.306 e. The molecule has 0 bridgehead atoms. The van der Waals surface area contributed by atoms with Crippen LogP contribution >= 0.6 is 0 Å². The Balaban J connectivity index is 4.43. The van der Waals surface area contributed by atoms with Crippen molar-refractivity contribution in [1.29, 1.82) is 0 Å². The first-order valence-electron chi connectivity index (χ1n) is 24.1. The molecule has 0 radical (unpaired) electrons. The molecule has 1 atom stereocenters. The highest BCUT2D eigenvalue weighted by Gasteiger charge is 2.19. The van der Waals surface area contributed by atoms with E-state index >= 15 is 0 Å². The standard InChI is InChI=1S/C53H88O6/c1-4-7-10-13-16-19-21-23-25-27-29-31-34-37-40-43-46-52(55)58-49-50(48-57-51(54)45-42-39-36-33-18-15-12-9-6-3)59-53(56)47-44-41-38-35-32-30-28-26-24-22-20-17-14-11-8-5-2/h7-8,10-11,16-17,19-20,23-26,29,31,50H,4-6,9,12-15,18,21-22,27-28,30,32-49H2,1-3H3/b10-7-,11-8-,19-16-,20-17-,25-23-,26-24-,31-29-. The summed E-state index contributed by atoms with van der Waals surface area (Å²) in [6.07, 6.45) is 59.9. The Morgan fingerprint density at radius 1 is 0.356 bits per heavy atom. The van der Waals surface area contributed by atoms with Crippen LogP contribution in [0, 0.1) is 0 Å². The van der Waals surface area contributed by atoms with Crippen LogP contribution in [0.4, 0.5) is 0 Å². The normalized spacial score (nSPS) is 12.8. The Bertz CT molecular complexity index is 1170. The molecule has 6 heteroatoms. The second-order valence-electron chi connectivity index (χ2n) is 15.6. The molecule has 0 aromatic carbocycles. The minimum absolute atomic E-state index is 0.0921. The predicted octanol–water partition coefficient (Wildman–Crippen LogP) is 15.6. The summed E-state index contributed by atoms with van der Waals surface area (Å²) in [5.74, 6) is -0.945. The molecule has 0 heterocycles. The Labute approximate surface area is 363 Å². The number of carbonyl (C=O) groups is 3. The van der Waals surface area contributed by atoms with Crippen LogP contribution in [0.3, 0.4) is 0 Å². The summed E-state index contributed by atoms with van der Waals surface area (Å²) in [6, 6.07) is 0. The molecule has 0 saturated heterocycles. The lowest BCUT2D eigenvalue weighted by Gasteiger charge is -2.18. The van der Waals surface area contributed by atoms with E-state index in [4.69, 9.17) is 14.2 Å². The third-order valence-electron chi connectivity index (χ3n) is 9.90. The van der Waals surface area contributed by atoms with Crippen molar-refractivity contribution in [2.45, 2.75) is 219 Å². The van der Waals surface area contributed by atoms with Crippen molar-refractivity contribution in [1.82, 2.24) is 0 Å². The zero-order valence-corrected chi connectivity index (χ0v) is 38.2. The number of rotatable bonds is 42.